The molecule has 0 N–H and O–H groups in total. The van der Waals surface area contributed by atoms with E-state index < -0.39 is 0 Å². The van der Waals surface area contributed by atoms with Gasteiger partial charge in [0.05, 0.1) is 0 Å². The van der Waals surface area contributed by atoms with Crippen LogP contribution in [0.3, 0.4) is 0 Å². The van der Waals surface area contributed by atoms with Crippen LogP contribution in [0.5, 0.6) is 0 Å². The fourth-order valence-electron chi connectivity index (χ4n) is 2.21. The quantitative estimate of drug-likeness (QED) is 0.611. The zero-order valence-electron chi connectivity index (χ0n) is 7.60. The van der Waals surface area contributed by atoms with E-state index in [2.05, 4.69) is 6.92 Å². The minimum absolute atomic E-state index is 0.421. The first-order chi connectivity index (χ1) is 5.29. The van der Waals surface area contributed by atoms with Crippen molar-refractivity contribution in [1.82, 2.24) is 0 Å². The molecule has 1 aliphatic carbocycles. The zero-order chi connectivity index (χ0) is 8.27. The van der Waals surface area contributed by atoms with Gasteiger partial charge in [-0.1, -0.05) is 26.7 Å². The lowest BCUT2D eigenvalue weighted by molar-refractivity contribution is -0.123. The molecule has 1 rings (SSSR count). The summed E-state index contributed by atoms with van der Waals surface area (Å²) in [5.74, 6) is 1.63. The molecule has 0 saturated heterocycles. The number of hydrogen-bond donors (Lipinski definition) is 0. The largest absolute Gasteiger partial charge is 0.299 e. The van der Waals surface area contributed by atoms with Gasteiger partial charge in [0.2, 0.25) is 0 Å². The molecule has 1 saturated carbocycles. The Morgan fingerprint density at radius 3 is 2.64 bits per heavy atom. The Morgan fingerprint density at radius 1 is 1.36 bits per heavy atom. The first kappa shape index (κ1) is 8.76. The van der Waals surface area contributed by atoms with E-state index in [9.17, 15) is 4.79 Å². The van der Waals surface area contributed by atoms with Crippen molar-refractivity contribution in [3.63, 3.8) is 0 Å². The maximum absolute atomic E-state index is 11.4. The molecule has 0 heterocycles. The van der Waals surface area contributed by atoms with Crippen LogP contribution in [-0.4, -0.2) is 5.78 Å². The normalized spacial score (nSPS) is 30.7. The molecule has 11 heavy (non-hydrogen) atoms. The van der Waals surface area contributed by atoms with Gasteiger partial charge in [0.15, 0.2) is 0 Å². The topological polar surface area (TPSA) is 17.1 Å². The van der Waals surface area contributed by atoms with Gasteiger partial charge in [-0.15, -0.1) is 0 Å². The van der Waals surface area contributed by atoms with E-state index >= 15 is 0 Å². The van der Waals surface area contributed by atoms with Crippen molar-refractivity contribution in [2.24, 2.45) is 11.8 Å². The van der Waals surface area contributed by atoms with Crippen LogP contribution in [0.15, 0.2) is 0 Å². The van der Waals surface area contributed by atoms with Crippen LogP contribution < -0.4 is 0 Å². The smallest absolute Gasteiger partial charge is 0.135 e. The summed E-state index contributed by atoms with van der Waals surface area (Å²) in [5.41, 5.74) is 0. The van der Waals surface area contributed by atoms with Crippen LogP contribution in [0.25, 0.3) is 0 Å². The maximum atomic E-state index is 11.4. The van der Waals surface area contributed by atoms with E-state index in [4.69, 9.17) is 0 Å². The second kappa shape index (κ2) is 3.89. The molecule has 1 fully saturated rings. The van der Waals surface area contributed by atoms with Crippen LogP contribution in [0, 0.1) is 11.8 Å². The van der Waals surface area contributed by atoms with Crippen molar-refractivity contribution < 1.29 is 4.79 Å². The van der Waals surface area contributed by atoms with Crippen LogP contribution in [0.1, 0.15) is 46.0 Å². The van der Waals surface area contributed by atoms with Crippen molar-refractivity contribution in [2.45, 2.75) is 46.0 Å². The predicted octanol–water partition coefficient (Wildman–Crippen LogP) is 2.79. The zero-order valence-corrected chi connectivity index (χ0v) is 7.60. The van der Waals surface area contributed by atoms with Crippen LogP contribution >= 0.6 is 0 Å². The molecule has 2 unspecified atom stereocenters. The molecule has 0 spiro atoms. The lowest BCUT2D eigenvalue weighted by atomic mass is 9.89. The van der Waals surface area contributed by atoms with Crippen LogP contribution in [-0.2, 0) is 4.79 Å². The van der Waals surface area contributed by atoms with E-state index in [-0.39, 0.29) is 0 Å². The molecule has 0 amide bonds. The molecular formula is C10H18O. The summed E-state index contributed by atoms with van der Waals surface area (Å²) in [4.78, 5) is 11.4. The molecule has 64 valence electrons. The minimum Gasteiger partial charge on any atom is -0.299 e. The molecule has 0 aromatic carbocycles. The van der Waals surface area contributed by atoms with E-state index in [1.54, 1.807) is 0 Å². The van der Waals surface area contributed by atoms with Gasteiger partial charge in [-0.25, -0.2) is 0 Å². The summed E-state index contributed by atoms with van der Waals surface area (Å²) >= 11 is 0. The van der Waals surface area contributed by atoms with Crippen molar-refractivity contribution in [3.8, 4) is 0 Å². The highest BCUT2D eigenvalue weighted by atomic mass is 16.1. The lowest BCUT2D eigenvalue weighted by Gasteiger charge is -2.14. The van der Waals surface area contributed by atoms with Crippen LogP contribution in [0.2, 0.25) is 0 Å². The number of ketones is 1. The Balaban J connectivity index is 2.49. The first-order valence-corrected chi connectivity index (χ1v) is 4.82. The standard InChI is InChI=1S/C10H18O/c1-3-8-6-5-7-9(8)10(11)4-2/h8-9H,3-7H2,1-2H3. The van der Waals surface area contributed by atoms with Gasteiger partial charge in [0, 0.05) is 12.3 Å². The number of carbonyl (C=O) groups is 1. The summed E-state index contributed by atoms with van der Waals surface area (Å²) in [5, 5.41) is 0. The summed E-state index contributed by atoms with van der Waals surface area (Å²) in [6, 6.07) is 0. The van der Waals surface area contributed by atoms with Gasteiger partial charge in [-0.05, 0) is 18.8 Å². The number of hydrogen-bond acceptors (Lipinski definition) is 1. The minimum atomic E-state index is 0.421. The molecule has 0 aliphatic heterocycles. The average Bonchev–Trinajstić information content (AvgIpc) is 2.50. The second-order valence-corrected chi connectivity index (χ2v) is 3.53. The summed E-state index contributed by atoms with van der Waals surface area (Å²) in [6.07, 6.45) is 5.64. The number of rotatable bonds is 3. The third kappa shape index (κ3) is 1.82. The van der Waals surface area contributed by atoms with Gasteiger partial charge in [0.25, 0.3) is 0 Å². The number of Topliss-reactive ketones (excluding diaryl/α,β-unsaturated/α-hetero) is 1. The van der Waals surface area contributed by atoms with E-state index in [1.165, 1.54) is 19.3 Å². The van der Waals surface area contributed by atoms with Gasteiger partial charge in [-0.2, -0.15) is 0 Å². The fraction of sp³-hybridized carbons (Fsp3) is 0.900. The van der Waals surface area contributed by atoms with E-state index in [0.717, 1.165) is 12.8 Å². The van der Waals surface area contributed by atoms with Gasteiger partial charge < -0.3 is 0 Å². The van der Waals surface area contributed by atoms with Crippen molar-refractivity contribution in [3.05, 3.63) is 0 Å². The monoisotopic (exact) mass is 154 g/mol. The molecular weight excluding hydrogens is 136 g/mol. The van der Waals surface area contributed by atoms with Gasteiger partial charge in [-0.3, -0.25) is 4.79 Å². The average molecular weight is 154 g/mol. The molecule has 0 radical (unpaired) electrons. The Labute approximate surface area is 69.2 Å². The molecule has 1 nitrogen and oxygen atoms in total. The van der Waals surface area contributed by atoms with Gasteiger partial charge >= 0.3 is 0 Å². The molecule has 0 bridgehead atoms. The molecule has 0 aromatic heterocycles. The van der Waals surface area contributed by atoms with Crippen molar-refractivity contribution in [1.29, 1.82) is 0 Å². The Bertz CT molecular complexity index is 140. The van der Waals surface area contributed by atoms with Crippen molar-refractivity contribution >= 4 is 5.78 Å². The number of carbonyl (C=O) groups excluding carboxylic acids is 1. The molecule has 0 aromatic rings. The highest BCUT2D eigenvalue weighted by molar-refractivity contribution is 5.81. The first-order valence-electron chi connectivity index (χ1n) is 4.82. The van der Waals surface area contributed by atoms with E-state index in [1.807, 2.05) is 6.92 Å². The SMILES string of the molecule is CCC(=O)C1CCCC1CC. The van der Waals surface area contributed by atoms with E-state index in [0.29, 0.717) is 17.6 Å². The summed E-state index contributed by atoms with van der Waals surface area (Å²) in [7, 11) is 0. The van der Waals surface area contributed by atoms with Gasteiger partial charge in [0.1, 0.15) is 5.78 Å². The predicted molar refractivity (Wildman–Crippen MR) is 46.4 cm³/mol. The highest BCUT2D eigenvalue weighted by Crippen LogP contribution is 2.34. The second-order valence-electron chi connectivity index (χ2n) is 3.53. The Morgan fingerprint density at radius 2 is 2.09 bits per heavy atom. The Hall–Kier alpha value is -0.330. The molecule has 1 aliphatic rings. The maximum Gasteiger partial charge on any atom is 0.135 e. The lowest BCUT2D eigenvalue weighted by Crippen LogP contribution is -2.17. The fourth-order valence-corrected chi connectivity index (χ4v) is 2.21. The molecule has 1 heteroatoms. The summed E-state index contributed by atoms with van der Waals surface area (Å²) in [6.45, 7) is 4.18. The third-order valence-electron chi connectivity index (χ3n) is 2.95. The Kier molecular flexibility index (Phi) is 3.10. The summed E-state index contributed by atoms with van der Waals surface area (Å²) < 4.78 is 0. The highest BCUT2D eigenvalue weighted by Gasteiger charge is 2.29. The van der Waals surface area contributed by atoms with Crippen molar-refractivity contribution in [2.75, 3.05) is 0 Å². The molecule has 2 atom stereocenters. The third-order valence-corrected chi connectivity index (χ3v) is 2.95. The van der Waals surface area contributed by atoms with Crippen LogP contribution in [0.4, 0.5) is 0 Å².